The minimum Gasteiger partial charge on any atom is -0.464 e. The van der Waals surface area contributed by atoms with Gasteiger partial charge in [0.25, 0.3) is 0 Å². The minimum atomic E-state index is 0.162. The number of ether oxygens (including phenoxy) is 1. The third kappa shape index (κ3) is 3.02. The minimum absolute atomic E-state index is 0.162. The number of aromatic nitrogens is 3. The maximum Gasteiger partial charge on any atom is 0.322 e. The molecule has 18 heavy (non-hydrogen) atoms. The standard InChI is InChI=1S/C12H19ClN4O/c1-3-12(6-5-7-12)8-14-10-15-9(13)16-11(17-10)18-4-2/h3-8H2,1-2H3,(H,14,15,16,17). The number of nitrogens with one attached hydrogen (secondary N) is 1. The zero-order valence-corrected chi connectivity index (χ0v) is 11.6. The van der Waals surface area contributed by atoms with Crippen LogP contribution in [0.15, 0.2) is 0 Å². The summed E-state index contributed by atoms with van der Waals surface area (Å²) >= 11 is 5.84. The molecule has 0 aromatic carbocycles. The molecule has 0 amide bonds. The second-order valence-corrected chi connectivity index (χ2v) is 5.04. The molecular weight excluding hydrogens is 252 g/mol. The van der Waals surface area contributed by atoms with E-state index < -0.39 is 0 Å². The fraction of sp³-hybridized carbons (Fsp3) is 0.750. The second kappa shape index (κ2) is 5.69. The quantitative estimate of drug-likeness (QED) is 0.861. The summed E-state index contributed by atoms with van der Waals surface area (Å²) in [7, 11) is 0. The molecule has 6 heteroatoms. The molecule has 1 aliphatic rings. The number of rotatable bonds is 6. The van der Waals surface area contributed by atoms with Crippen LogP contribution in [-0.4, -0.2) is 28.1 Å². The van der Waals surface area contributed by atoms with Crippen molar-refractivity contribution in [2.24, 2.45) is 5.41 Å². The van der Waals surface area contributed by atoms with E-state index in [0.717, 1.165) is 6.54 Å². The average molecular weight is 271 g/mol. The van der Waals surface area contributed by atoms with Crippen molar-refractivity contribution in [1.29, 1.82) is 0 Å². The molecule has 100 valence electrons. The zero-order valence-electron chi connectivity index (χ0n) is 10.9. The van der Waals surface area contributed by atoms with Crippen LogP contribution in [0.5, 0.6) is 6.01 Å². The van der Waals surface area contributed by atoms with E-state index in [4.69, 9.17) is 16.3 Å². The van der Waals surface area contributed by atoms with E-state index in [0.29, 0.717) is 18.0 Å². The molecule has 0 atom stereocenters. The van der Waals surface area contributed by atoms with Gasteiger partial charge < -0.3 is 10.1 Å². The van der Waals surface area contributed by atoms with Crippen molar-refractivity contribution in [3.63, 3.8) is 0 Å². The second-order valence-electron chi connectivity index (χ2n) is 4.70. The van der Waals surface area contributed by atoms with Gasteiger partial charge in [0.2, 0.25) is 11.2 Å². The van der Waals surface area contributed by atoms with Gasteiger partial charge in [-0.15, -0.1) is 0 Å². The summed E-state index contributed by atoms with van der Waals surface area (Å²) in [5.41, 5.74) is 0.408. The van der Waals surface area contributed by atoms with Gasteiger partial charge in [-0.2, -0.15) is 15.0 Å². The normalized spacial score (nSPS) is 17.1. The topological polar surface area (TPSA) is 59.9 Å². The molecular formula is C12H19ClN4O. The maximum atomic E-state index is 5.84. The lowest BCUT2D eigenvalue weighted by Gasteiger charge is -2.41. The van der Waals surface area contributed by atoms with Gasteiger partial charge in [0.15, 0.2) is 0 Å². The SMILES string of the molecule is CCOc1nc(Cl)nc(NCC2(CC)CCC2)n1. The van der Waals surface area contributed by atoms with Crippen LogP contribution >= 0.6 is 11.6 Å². The van der Waals surface area contributed by atoms with Crippen LogP contribution in [0.4, 0.5) is 5.95 Å². The van der Waals surface area contributed by atoms with Crippen molar-refractivity contribution in [1.82, 2.24) is 15.0 Å². The predicted molar refractivity (Wildman–Crippen MR) is 71.1 cm³/mol. The van der Waals surface area contributed by atoms with Crippen LogP contribution in [-0.2, 0) is 0 Å². The summed E-state index contributed by atoms with van der Waals surface area (Å²) in [5.74, 6) is 0.498. The monoisotopic (exact) mass is 270 g/mol. The van der Waals surface area contributed by atoms with Crippen molar-refractivity contribution >= 4 is 17.5 Å². The molecule has 1 aromatic heterocycles. The van der Waals surface area contributed by atoms with E-state index in [-0.39, 0.29) is 11.3 Å². The lowest BCUT2D eigenvalue weighted by molar-refractivity contribution is 0.144. The Balaban J connectivity index is 2.00. The van der Waals surface area contributed by atoms with Gasteiger partial charge >= 0.3 is 6.01 Å². The Labute approximate surface area is 112 Å². The molecule has 1 saturated carbocycles. The number of halogens is 1. The molecule has 0 radical (unpaired) electrons. The van der Waals surface area contributed by atoms with Gasteiger partial charge in [-0.1, -0.05) is 13.3 Å². The first-order valence-electron chi connectivity index (χ1n) is 6.46. The zero-order chi connectivity index (χ0) is 13.0. The molecule has 0 aliphatic heterocycles. The Morgan fingerprint density at radius 3 is 2.61 bits per heavy atom. The van der Waals surface area contributed by atoms with Crippen molar-refractivity contribution in [2.45, 2.75) is 39.5 Å². The Hall–Kier alpha value is -1.10. The lowest BCUT2D eigenvalue weighted by atomic mass is 9.67. The highest BCUT2D eigenvalue weighted by atomic mass is 35.5. The fourth-order valence-electron chi connectivity index (χ4n) is 2.20. The summed E-state index contributed by atoms with van der Waals surface area (Å²) in [6.45, 7) is 5.51. The van der Waals surface area contributed by atoms with E-state index in [2.05, 4.69) is 27.2 Å². The molecule has 0 unspecified atom stereocenters. The third-order valence-corrected chi connectivity index (χ3v) is 3.82. The van der Waals surface area contributed by atoms with E-state index in [1.807, 2.05) is 6.92 Å². The van der Waals surface area contributed by atoms with Gasteiger partial charge in [0, 0.05) is 6.54 Å². The van der Waals surface area contributed by atoms with Crippen LogP contribution in [0, 0.1) is 5.41 Å². The van der Waals surface area contributed by atoms with Gasteiger partial charge in [-0.05, 0) is 43.2 Å². The first kappa shape index (κ1) is 13.3. The number of anilines is 1. The van der Waals surface area contributed by atoms with Gasteiger partial charge in [-0.3, -0.25) is 0 Å². The molecule has 1 heterocycles. The van der Waals surface area contributed by atoms with E-state index in [1.165, 1.54) is 25.7 Å². The van der Waals surface area contributed by atoms with Crippen LogP contribution in [0.25, 0.3) is 0 Å². The van der Waals surface area contributed by atoms with Crippen molar-refractivity contribution in [3.8, 4) is 6.01 Å². The number of hydrogen-bond acceptors (Lipinski definition) is 5. The molecule has 1 N–H and O–H groups in total. The summed E-state index contributed by atoms with van der Waals surface area (Å²) in [6, 6.07) is 0.277. The van der Waals surface area contributed by atoms with Crippen molar-refractivity contribution in [2.75, 3.05) is 18.5 Å². The summed E-state index contributed by atoms with van der Waals surface area (Å²) in [5, 5.41) is 3.41. The number of nitrogens with zero attached hydrogens (tertiary/aromatic N) is 3. The first-order valence-corrected chi connectivity index (χ1v) is 6.83. The predicted octanol–water partition coefficient (Wildman–Crippen LogP) is 2.92. The van der Waals surface area contributed by atoms with E-state index >= 15 is 0 Å². The molecule has 0 bridgehead atoms. The van der Waals surface area contributed by atoms with Gasteiger partial charge in [0.1, 0.15) is 0 Å². The molecule has 5 nitrogen and oxygen atoms in total. The lowest BCUT2D eigenvalue weighted by Crippen LogP contribution is -2.36. The summed E-state index contributed by atoms with van der Waals surface area (Å²) in [6.07, 6.45) is 5.04. The van der Waals surface area contributed by atoms with Crippen LogP contribution in [0.1, 0.15) is 39.5 Å². The van der Waals surface area contributed by atoms with Crippen molar-refractivity contribution in [3.05, 3.63) is 5.28 Å². The Morgan fingerprint density at radius 1 is 1.28 bits per heavy atom. The fourth-order valence-corrected chi connectivity index (χ4v) is 2.36. The Morgan fingerprint density at radius 2 is 2.06 bits per heavy atom. The molecule has 1 fully saturated rings. The molecule has 0 saturated heterocycles. The summed E-state index contributed by atoms with van der Waals surface area (Å²) < 4.78 is 5.24. The van der Waals surface area contributed by atoms with Crippen molar-refractivity contribution < 1.29 is 4.74 Å². The number of hydrogen-bond donors (Lipinski definition) is 1. The highest BCUT2D eigenvalue weighted by molar-refractivity contribution is 6.28. The molecule has 1 aromatic rings. The van der Waals surface area contributed by atoms with Gasteiger partial charge in [-0.25, -0.2) is 0 Å². The smallest absolute Gasteiger partial charge is 0.322 e. The third-order valence-electron chi connectivity index (χ3n) is 3.65. The Kier molecular flexibility index (Phi) is 4.22. The van der Waals surface area contributed by atoms with Crippen LogP contribution < -0.4 is 10.1 Å². The molecule has 1 aliphatic carbocycles. The van der Waals surface area contributed by atoms with E-state index in [9.17, 15) is 0 Å². The largest absolute Gasteiger partial charge is 0.464 e. The molecule has 0 spiro atoms. The van der Waals surface area contributed by atoms with Gasteiger partial charge in [0.05, 0.1) is 6.61 Å². The van der Waals surface area contributed by atoms with E-state index in [1.54, 1.807) is 0 Å². The maximum absolute atomic E-state index is 5.84. The highest BCUT2D eigenvalue weighted by Crippen LogP contribution is 2.43. The summed E-state index contributed by atoms with van der Waals surface area (Å²) in [4.78, 5) is 12.1. The van der Waals surface area contributed by atoms with Crippen LogP contribution in [0.2, 0.25) is 5.28 Å². The van der Waals surface area contributed by atoms with Crippen LogP contribution in [0.3, 0.4) is 0 Å². The average Bonchev–Trinajstić information content (AvgIpc) is 2.28. The Bertz CT molecular complexity index is 404. The molecule has 2 rings (SSSR count). The highest BCUT2D eigenvalue weighted by Gasteiger charge is 2.34. The first-order chi connectivity index (χ1) is 8.67.